The minimum Gasteiger partial charge on any atom is -0.507 e. The van der Waals surface area contributed by atoms with E-state index in [4.69, 9.17) is 14.4 Å². The van der Waals surface area contributed by atoms with Crippen LogP contribution in [-0.2, 0) is 10.8 Å². The predicted octanol–water partition coefficient (Wildman–Crippen LogP) is 13.2. The molecule has 0 bridgehead atoms. The molecule has 0 saturated heterocycles. The molecule has 0 aliphatic carbocycles. The molecule has 52 heavy (non-hydrogen) atoms. The van der Waals surface area contributed by atoms with Gasteiger partial charge in [0.1, 0.15) is 11.3 Å². The van der Waals surface area contributed by atoms with Crippen LogP contribution in [-0.4, -0.2) is 16.3 Å². The summed E-state index contributed by atoms with van der Waals surface area (Å²) in [4.78, 5) is 10.3. The largest absolute Gasteiger partial charge is 0.507 e. The number of aromatic hydroxyl groups is 1. The number of phenols is 1. The molecule has 0 atom stereocenters. The molecular formula is C48H42N2O2. The first-order valence-electron chi connectivity index (χ1n) is 17.9. The van der Waals surface area contributed by atoms with Crippen LogP contribution < -0.4 is 0 Å². The van der Waals surface area contributed by atoms with E-state index < -0.39 is 0 Å². The van der Waals surface area contributed by atoms with E-state index in [-0.39, 0.29) is 16.6 Å². The summed E-state index contributed by atoms with van der Waals surface area (Å²) in [6, 6.07) is 46.1. The lowest BCUT2D eigenvalue weighted by molar-refractivity contribution is 0.473. The molecule has 0 spiro atoms. The normalized spacial score (nSPS) is 12.4. The Hall–Kier alpha value is -6.00. The Morgan fingerprint density at radius 3 is 1.94 bits per heavy atom. The van der Waals surface area contributed by atoms with Gasteiger partial charge in [-0.1, -0.05) is 145 Å². The van der Waals surface area contributed by atoms with Gasteiger partial charge in [-0.15, -0.1) is 0 Å². The third-order valence-corrected chi connectivity index (χ3v) is 10.0. The minimum absolute atomic E-state index is 0.0735. The van der Waals surface area contributed by atoms with E-state index in [1.54, 1.807) is 12.3 Å². The first-order chi connectivity index (χ1) is 25.0. The van der Waals surface area contributed by atoms with Crippen molar-refractivity contribution in [3.63, 3.8) is 0 Å². The minimum atomic E-state index is -0.127. The summed E-state index contributed by atoms with van der Waals surface area (Å²) in [6.07, 6.45) is 1.75. The van der Waals surface area contributed by atoms with Gasteiger partial charge in [0.05, 0.1) is 11.3 Å². The average molecular weight is 679 g/mol. The highest BCUT2D eigenvalue weighted by molar-refractivity contribution is 6.09. The molecule has 1 aromatic heterocycles. The molecule has 0 saturated carbocycles. The van der Waals surface area contributed by atoms with Gasteiger partial charge in [-0.3, -0.25) is 4.99 Å². The zero-order valence-corrected chi connectivity index (χ0v) is 30.5. The first-order valence-corrected chi connectivity index (χ1v) is 17.9. The number of oxazole rings is 1. The van der Waals surface area contributed by atoms with Crippen molar-refractivity contribution < 1.29 is 9.52 Å². The summed E-state index contributed by atoms with van der Waals surface area (Å²) < 4.78 is 6.75. The Balaban J connectivity index is 1.34. The van der Waals surface area contributed by atoms with Gasteiger partial charge in [-0.05, 0) is 85.1 Å². The fourth-order valence-corrected chi connectivity index (χ4v) is 7.01. The fourth-order valence-electron chi connectivity index (χ4n) is 7.01. The molecule has 1 heterocycles. The van der Waals surface area contributed by atoms with Crippen molar-refractivity contribution in [2.75, 3.05) is 0 Å². The summed E-state index contributed by atoms with van der Waals surface area (Å²) in [5.41, 5.74) is 10.3. The maximum absolute atomic E-state index is 10.8. The van der Waals surface area contributed by atoms with Crippen molar-refractivity contribution in [2.45, 2.75) is 52.4 Å². The van der Waals surface area contributed by atoms with Crippen LogP contribution in [0.3, 0.4) is 0 Å². The third-order valence-electron chi connectivity index (χ3n) is 10.0. The van der Waals surface area contributed by atoms with Gasteiger partial charge in [0.15, 0.2) is 5.58 Å². The van der Waals surface area contributed by atoms with Crippen molar-refractivity contribution in [3.05, 3.63) is 150 Å². The van der Waals surface area contributed by atoms with Crippen LogP contribution in [0.25, 0.3) is 66.4 Å². The molecule has 7 aromatic carbocycles. The third kappa shape index (κ3) is 6.05. The second-order valence-corrected chi connectivity index (χ2v) is 15.7. The molecule has 0 aliphatic rings. The lowest BCUT2D eigenvalue weighted by Crippen LogP contribution is -2.11. The van der Waals surface area contributed by atoms with Crippen molar-refractivity contribution in [3.8, 4) is 39.5 Å². The molecule has 8 rings (SSSR count). The topological polar surface area (TPSA) is 58.6 Å². The van der Waals surface area contributed by atoms with Gasteiger partial charge in [-0.25, -0.2) is 4.98 Å². The van der Waals surface area contributed by atoms with Gasteiger partial charge in [0.25, 0.3) is 0 Å². The number of hydrogen-bond acceptors (Lipinski definition) is 4. The highest BCUT2D eigenvalue weighted by Crippen LogP contribution is 2.43. The molecule has 0 amide bonds. The molecule has 256 valence electrons. The van der Waals surface area contributed by atoms with Crippen LogP contribution >= 0.6 is 0 Å². The van der Waals surface area contributed by atoms with Crippen molar-refractivity contribution in [1.82, 2.24) is 4.98 Å². The number of benzene rings is 7. The Labute approximate surface area is 305 Å². The van der Waals surface area contributed by atoms with E-state index in [1.165, 1.54) is 22.1 Å². The molecule has 1 N–H and O–H groups in total. The number of aliphatic imine (C=N–C) groups is 1. The lowest BCUT2D eigenvalue weighted by Gasteiger charge is -2.20. The Morgan fingerprint density at radius 2 is 1.21 bits per heavy atom. The van der Waals surface area contributed by atoms with E-state index in [1.807, 2.05) is 30.3 Å². The predicted molar refractivity (Wildman–Crippen MR) is 218 cm³/mol. The van der Waals surface area contributed by atoms with Crippen LogP contribution in [0.2, 0.25) is 0 Å². The molecule has 0 fully saturated rings. The van der Waals surface area contributed by atoms with Crippen molar-refractivity contribution in [2.24, 2.45) is 4.99 Å². The summed E-state index contributed by atoms with van der Waals surface area (Å²) in [7, 11) is 0. The zero-order valence-electron chi connectivity index (χ0n) is 30.5. The van der Waals surface area contributed by atoms with Gasteiger partial charge in [0.2, 0.25) is 5.89 Å². The van der Waals surface area contributed by atoms with Gasteiger partial charge >= 0.3 is 0 Å². The van der Waals surface area contributed by atoms with Crippen LogP contribution in [0.1, 0.15) is 58.2 Å². The van der Waals surface area contributed by atoms with E-state index >= 15 is 0 Å². The maximum Gasteiger partial charge on any atom is 0.229 e. The maximum atomic E-state index is 10.8. The Morgan fingerprint density at radius 1 is 0.577 bits per heavy atom. The van der Waals surface area contributed by atoms with E-state index in [9.17, 15) is 5.11 Å². The summed E-state index contributed by atoms with van der Waals surface area (Å²) >= 11 is 0. The molecule has 4 nitrogen and oxygen atoms in total. The highest BCUT2D eigenvalue weighted by Gasteiger charge is 2.23. The van der Waals surface area contributed by atoms with Gasteiger partial charge in [-0.2, -0.15) is 0 Å². The van der Waals surface area contributed by atoms with Crippen molar-refractivity contribution >= 4 is 44.5 Å². The second kappa shape index (κ2) is 12.6. The summed E-state index contributed by atoms with van der Waals surface area (Å²) in [6.45, 7) is 13.2. The lowest BCUT2D eigenvalue weighted by atomic mass is 9.84. The fraction of sp³-hybridized carbons (Fsp3) is 0.167. The molecule has 4 heteroatoms. The second-order valence-electron chi connectivity index (χ2n) is 15.7. The van der Waals surface area contributed by atoms with E-state index in [0.29, 0.717) is 11.5 Å². The van der Waals surface area contributed by atoms with Crippen LogP contribution in [0, 0.1) is 0 Å². The zero-order chi connectivity index (χ0) is 36.2. The Bertz CT molecular complexity index is 2650. The van der Waals surface area contributed by atoms with Crippen molar-refractivity contribution in [1.29, 1.82) is 0 Å². The number of fused-ring (bicyclic) bond motifs is 3. The van der Waals surface area contributed by atoms with Crippen LogP contribution in [0.4, 0.5) is 5.69 Å². The summed E-state index contributed by atoms with van der Waals surface area (Å²) in [5.74, 6) is 0.684. The number of phenolic OH excluding ortho intramolecular Hbond substituents is 1. The van der Waals surface area contributed by atoms with Crippen LogP contribution in [0.5, 0.6) is 5.75 Å². The SMILES string of the molecule is CC(C)(C)c1ccc(O)c(C=Nc2c(-c3nc4c(-c5ccc(-c6ccccc6)c6ccccc56)cc(C(C)(C)C)cc4o3)ccc3ccccc23)c1. The monoisotopic (exact) mass is 678 g/mol. The molecular weight excluding hydrogens is 637 g/mol. The number of aromatic nitrogens is 1. The van der Waals surface area contributed by atoms with Gasteiger partial charge in [0, 0.05) is 22.7 Å². The molecule has 8 aromatic rings. The molecule has 0 radical (unpaired) electrons. The summed E-state index contributed by atoms with van der Waals surface area (Å²) in [5, 5.41) is 15.2. The number of hydrogen-bond donors (Lipinski definition) is 1. The average Bonchev–Trinajstić information content (AvgIpc) is 3.57. The smallest absolute Gasteiger partial charge is 0.229 e. The Kier molecular flexibility index (Phi) is 8.06. The number of rotatable bonds is 5. The van der Waals surface area contributed by atoms with Crippen LogP contribution in [0.15, 0.2) is 143 Å². The molecule has 0 aliphatic heterocycles. The quantitative estimate of drug-likeness (QED) is 0.184. The first kappa shape index (κ1) is 33.2. The molecule has 0 unspecified atom stereocenters. The highest BCUT2D eigenvalue weighted by atomic mass is 16.3. The standard InChI is InChI=1S/C48H42N2O2/c1-47(2,3)33-21-25-42(51)32(26-33)29-49-44-36-17-11-10-16-31(36)20-22-40(44)46-50-45-41(27-34(48(4,5)6)28-43(45)52-46)39-24-23-35(30-14-8-7-9-15-30)37-18-12-13-19-38(37)39/h7-29,51H,1-6H3. The number of nitrogens with zero attached hydrogens (tertiary/aromatic N) is 2. The van der Waals surface area contributed by atoms with E-state index in [2.05, 4.69) is 139 Å². The van der Waals surface area contributed by atoms with E-state index in [0.717, 1.165) is 55.2 Å². The van der Waals surface area contributed by atoms with Gasteiger partial charge < -0.3 is 9.52 Å².